The normalized spacial score (nSPS) is 18.4. The summed E-state index contributed by atoms with van der Waals surface area (Å²) in [6.45, 7) is 0.383. The van der Waals surface area contributed by atoms with Crippen LogP contribution in [0.1, 0.15) is 22.0 Å². The van der Waals surface area contributed by atoms with Crippen molar-refractivity contribution in [1.82, 2.24) is 4.90 Å². The van der Waals surface area contributed by atoms with Crippen molar-refractivity contribution < 1.29 is 14.7 Å². The Morgan fingerprint density at radius 3 is 2.38 bits per heavy atom. The van der Waals surface area contributed by atoms with Gasteiger partial charge in [0.25, 0.3) is 11.7 Å². The van der Waals surface area contributed by atoms with Crippen molar-refractivity contribution in [3.8, 4) is 0 Å². The minimum atomic E-state index is -0.663. The van der Waals surface area contributed by atoms with E-state index in [9.17, 15) is 14.7 Å². The number of rotatable bonds is 5. The molecule has 1 atom stereocenters. The van der Waals surface area contributed by atoms with Gasteiger partial charge >= 0.3 is 0 Å². The van der Waals surface area contributed by atoms with Crippen molar-refractivity contribution in [2.24, 2.45) is 0 Å². The maximum atomic E-state index is 12.9. The fourth-order valence-electron chi connectivity index (χ4n) is 3.51. The predicted molar refractivity (Wildman–Crippen MR) is 115 cm³/mol. The van der Waals surface area contributed by atoms with Gasteiger partial charge in [-0.25, -0.2) is 0 Å². The average Bonchev–Trinajstić information content (AvgIpc) is 3.35. The van der Waals surface area contributed by atoms with Crippen LogP contribution in [0.4, 0.5) is 0 Å². The monoisotopic (exact) mass is 423 g/mol. The number of carbonyl (C=O) groups is 2. The number of aliphatic hydroxyl groups excluding tert-OH is 1. The standard InChI is InChI=1S/C23H18ClNO3S/c24-17-10-8-16(9-11-17)21(26)19-20(18-7-4-14-29-18)25(23(28)22(19)27)13-12-15-5-2-1-3-6-15/h1-11,14,20,26H,12-13H2/b21-19+. The molecule has 3 aromatic rings. The molecule has 6 heteroatoms. The molecule has 146 valence electrons. The topological polar surface area (TPSA) is 57.6 Å². The largest absolute Gasteiger partial charge is 0.507 e. The van der Waals surface area contributed by atoms with Gasteiger partial charge in [-0.2, -0.15) is 0 Å². The third-order valence-electron chi connectivity index (χ3n) is 4.95. The first-order valence-corrected chi connectivity index (χ1v) is 10.4. The van der Waals surface area contributed by atoms with Gasteiger partial charge in [0.1, 0.15) is 5.76 Å². The van der Waals surface area contributed by atoms with E-state index in [1.54, 1.807) is 29.2 Å². The Kier molecular flexibility index (Phi) is 5.51. The summed E-state index contributed by atoms with van der Waals surface area (Å²) in [5, 5.41) is 13.3. The van der Waals surface area contributed by atoms with Gasteiger partial charge in [-0.3, -0.25) is 9.59 Å². The SMILES string of the molecule is O=C1C(=O)N(CCc2ccccc2)C(c2cccs2)/C1=C(\O)c1ccc(Cl)cc1. The van der Waals surface area contributed by atoms with E-state index in [1.165, 1.54) is 11.3 Å². The molecule has 1 N–H and O–H groups in total. The van der Waals surface area contributed by atoms with Crippen LogP contribution in [0.3, 0.4) is 0 Å². The van der Waals surface area contributed by atoms with Crippen LogP contribution in [0.15, 0.2) is 77.7 Å². The molecule has 0 bridgehead atoms. The molecule has 2 aromatic carbocycles. The van der Waals surface area contributed by atoms with Crippen molar-refractivity contribution in [2.45, 2.75) is 12.5 Å². The lowest BCUT2D eigenvalue weighted by Gasteiger charge is -2.24. The zero-order valence-electron chi connectivity index (χ0n) is 15.4. The summed E-state index contributed by atoms with van der Waals surface area (Å²) in [5.74, 6) is -1.43. The second kappa shape index (κ2) is 8.23. The number of halogens is 1. The van der Waals surface area contributed by atoms with Crippen molar-refractivity contribution in [2.75, 3.05) is 6.54 Å². The van der Waals surface area contributed by atoms with Crippen LogP contribution in [0, 0.1) is 0 Å². The molecule has 1 unspecified atom stereocenters. The van der Waals surface area contributed by atoms with E-state index in [0.717, 1.165) is 10.4 Å². The molecule has 1 amide bonds. The Hall–Kier alpha value is -2.89. The number of aliphatic hydroxyl groups is 1. The number of thiophene rings is 1. The van der Waals surface area contributed by atoms with E-state index in [1.807, 2.05) is 47.8 Å². The summed E-state index contributed by atoms with van der Waals surface area (Å²) in [7, 11) is 0. The second-order valence-corrected chi connectivity index (χ2v) is 8.17. The number of ketones is 1. The second-order valence-electron chi connectivity index (χ2n) is 6.75. The highest BCUT2D eigenvalue weighted by atomic mass is 35.5. The summed E-state index contributed by atoms with van der Waals surface area (Å²) >= 11 is 7.39. The summed E-state index contributed by atoms with van der Waals surface area (Å²) in [6, 6.07) is 19.5. The van der Waals surface area contributed by atoms with Crippen molar-refractivity contribution >= 4 is 40.4 Å². The van der Waals surface area contributed by atoms with Gasteiger partial charge in [-0.05, 0) is 47.7 Å². The van der Waals surface area contributed by atoms with Crippen LogP contribution < -0.4 is 0 Å². The van der Waals surface area contributed by atoms with Crippen molar-refractivity contribution in [3.05, 3.63) is 98.7 Å². The zero-order valence-corrected chi connectivity index (χ0v) is 17.0. The van der Waals surface area contributed by atoms with Crippen LogP contribution in [-0.2, 0) is 16.0 Å². The summed E-state index contributed by atoms with van der Waals surface area (Å²) in [5.41, 5.74) is 1.65. The Bertz CT molecular complexity index is 1060. The minimum Gasteiger partial charge on any atom is -0.507 e. The van der Waals surface area contributed by atoms with E-state index in [4.69, 9.17) is 11.6 Å². The quantitative estimate of drug-likeness (QED) is 0.354. The molecule has 0 spiro atoms. The van der Waals surface area contributed by atoms with Crippen molar-refractivity contribution in [3.63, 3.8) is 0 Å². The highest BCUT2D eigenvalue weighted by Crippen LogP contribution is 2.41. The molecule has 1 saturated heterocycles. The van der Waals surface area contributed by atoms with E-state index in [2.05, 4.69) is 0 Å². The zero-order chi connectivity index (χ0) is 20.4. The molecule has 1 aliphatic rings. The molecule has 0 aliphatic carbocycles. The van der Waals surface area contributed by atoms with Gasteiger partial charge < -0.3 is 10.0 Å². The maximum absolute atomic E-state index is 12.9. The lowest BCUT2D eigenvalue weighted by Crippen LogP contribution is -2.31. The molecular weight excluding hydrogens is 406 g/mol. The smallest absolute Gasteiger partial charge is 0.295 e. The molecule has 1 aromatic heterocycles. The maximum Gasteiger partial charge on any atom is 0.295 e. The number of carbonyl (C=O) groups excluding carboxylic acids is 2. The number of nitrogens with zero attached hydrogens (tertiary/aromatic N) is 1. The molecule has 1 aliphatic heterocycles. The van der Waals surface area contributed by atoms with E-state index >= 15 is 0 Å². The summed E-state index contributed by atoms with van der Waals surface area (Å²) < 4.78 is 0. The lowest BCUT2D eigenvalue weighted by atomic mass is 10.00. The van der Waals surface area contributed by atoms with E-state index < -0.39 is 17.7 Å². The first-order chi connectivity index (χ1) is 14.1. The molecule has 4 nitrogen and oxygen atoms in total. The van der Waals surface area contributed by atoms with Gasteiger partial charge in [0.15, 0.2) is 0 Å². The molecule has 0 radical (unpaired) electrons. The van der Waals surface area contributed by atoms with Gasteiger partial charge in [0.05, 0.1) is 11.6 Å². The highest BCUT2D eigenvalue weighted by Gasteiger charge is 2.46. The van der Waals surface area contributed by atoms with Gasteiger partial charge in [-0.15, -0.1) is 11.3 Å². The van der Waals surface area contributed by atoms with Crippen LogP contribution in [0.25, 0.3) is 5.76 Å². The van der Waals surface area contributed by atoms with Crippen LogP contribution in [0.5, 0.6) is 0 Å². The Balaban J connectivity index is 1.74. The number of amides is 1. The highest BCUT2D eigenvalue weighted by molar-refractivity contribution is 7.10. The average molecular weight is 424 g/mol. The van der Waals surface area contributed by atoms with E-state index in [0.29, 0.717) is 23.6 Å². The fraction of sp³-hybridized carbons (Fsp3) is 0.130. The molecule has 29 heavy (non-hydrogen) atoms. The Morgan fingerprint density at radius 1 is 1.00 bits per heavy atom. The first-order valence-electron chi connectivity index (χ1n) is 9.18. The predicted octanol–water partition coefficient (Wildman–Crippen LogP) is 5.07. The fourth-order valence-corrected chi connectivity index (χ4v) is 4.48. The molecule has 1 fully saturated rings. The summed E-state index contributed by atoms with van der Waals surface area (Å²) in [6.07, 6.45) is 0.622. The van der Waals surface area contributed by atoms with Crippen LogP contribution in [-0.4, -0.2) is 28.2 Å². The summed E-state index contributed by atoms with van der Waals surface area (Å²) in [4.78, 5) is 28.1. The van der Waals surface area contributed by atoms with Crippen molar-refractivity contribution in [1.29, 1.82) is 0 Å². The molecule has 4 rings (SSSR count). The molecule has 2 heterocycles. The number of Topliss-reactive ketones (excluding diaryl/α,β-unsaturated/α-hetero) is 1. The number of hydrogen-bond donors (Lipinski definition) is 1. The van der Waals surface area contributed by atoms with Gasteiger partial charge in [0.2, 0.25) is 0 Å². The van der Waals surface area contributed by atoms with Gasteiger partial charge in [0, 0.05) is 22.0 Å². The van der Waals surface area contributed by atoms with E-state index in [-0.39, 0.29) is 11.3 Å². The van der Waals surface area contributed by atoms with Crippen LogP contribution >= 0.6 is 22.9 Å². The minimum absolute atomic E-state index is 0.118. The van der Waals surface area contributed by atoms with Gasteiger partial charge in [-0.1, -0.05) is 48.0 Å². The third kappa shape index (κ3) is 3.84. The number of benzene rings is 2. The Morgan fingerprint density at radius 2 is 1.72 bits per heavy atom. The van der Waals surface area contributed by atoms with Crippen LogP contribution in [0.2, 0.25) is 5.02 Å². The Labute approximate surface area is 177 Å². The number of likely N-dealkylation sites (tertiary alicyclic amines) is 1. The lowest BCUT2D eigenvalue weighted by molar-refractivity contribution is -0.139. The third-order valence-corrected chi connectivity index (χ3v) is 6.13. The molecule has 0 saturated carbocycles. The molecular formula is C23H18ClNO3S. The number of hydrogen-bond acceptors (Lipinski definition) is 4. The first kappa shape index (κ1) is 19.4.